The Kier molecular flexibility index (Phi) is 4.23. The van der Waals surface area contributed by atoms with Gasteiger partial charge in [0.15, 0.2) is 0 Å². The summed E-state index contributed by atoms with van der Waals surface area (Å²) in [4.78, 5) is 8.90. The standard InChI is InChI=1S/C18H22N4O2S/c1-20-8-10-21(11-9-20)18-6-2-4-15-13-22(14-17(15)18)25(23,24)16-5-3-7-19-12-16/h2-7,12H,8-11,13-14H2,1H3. The summed E-state index contributed by atoms with van der Waals surface area (Å²) >= 11 is 0. The molecule has 1 saturated heterocycles. The Balaban J connectivity index is 1.62. The summed E-state index contributed by atoms with van der Waals surface area (Å²) in [7, 11) is -1.38. The number of sulfonamides is 1. The lowest BCUT2D eigenvalue weighted by atomic mass is 10.1. The minimum atomic E-state index is -3.52. The van der Waals surface area contributed by atoms with Crippen LogP contribution in [0.3, 0.4) is 0 Å². The quantitative estimate of drug-likeness (QED) is 0.833. The van der Waals surface area contributed by atoms with E-state index in [4.69, 9.17) is 0 Å². The molecular weight excluding hydrogens is 336 g/mol. The fraction of sp³-hybridized carbons (Fsp3) is 0.389. The Morgan fingerprint density at radius 2 is 1.80 bits per heavy atom. The third kappa shape index (κ3) is 3.03. The van der Waals surface area contributed by atoms with Gasteiger partial charge in [-0.05, 0) is 36.4 Å². The highest BCUT2D eigenvalue weighted by Gasteiger charge is 2.33. The predicted octanol–water partition coefficient (Wildman–Crippen LogP) is 1.54. The minimum absolute atomic E-state index is 0.254. The van der Waals surface area contributed by atoms with E-state index in [2.05, 4.69) is 27.9 Å². The Morgan fingerprint density at radius 3 is 2.52 bits per heavy atom. The topological polar surface area (TPSA) is 56.8 Å². The number of pyridine rings is 1. The second-order valence-corrected chi connectivity index (χ2v) is 8.60. The third-order valence-corrected chi connectivity index (χ3v) is 6.82. The first-order chi connectivity index (χ1) is 12.1. The number of nitrogens with zero attached hydrogens (tertiary/aromatic N) is 4. The molecule has 1 fully saturated rings. The second-order valence-electron chi connectivity index (χ2n) is 6.67. The van der Waals surface area contributed by atoms with Gasteiger partial charge in [0.05, 0.1) is 0 Å². The average Bonchev–Trinajstić information content (AvgIpc) is 3.08. The molecule has 7 heteroatoms. The average molecular weight is 358 g/mol. The van der Waals surface area contributed by atoms with Gasteiger partial charge in [-0.15, -0.1) is 0 Å². The largest absolute Gasteiger partial charge is 0.369 e. The summed E-state index contributed by atoms with van der Waals surface area (Å²) in [5.41, 5.74) is 3.41. The monoisotopic (exact) mass is 358 g/mol. The van der Waals surface area contributed by atoms with Crippen LogP contribution in [-0.4, -0.2) is 55.8 Å². The predicted molar refractivity (Wildman–Crippen MR) is 96.8 cm³/mol. The first kappa shape index (κ1) is 16.5. The highest BCUT2D eigenvalue weighted by atomic mass is 32.2. The summed E-state index contributed by atoms with van der Waals surface area (Å²) in [6.07, 6.45) is 3.00. The molecule has 2 aliphatic rings. The lowest BCUT2D eigenvalue weighted by molar-refractivity contribution is 0.312. The molecule has 0 bridgehead atoms. The summed E-state index contributed by atoms with van der Waals surface area (Å²) in [6.45, 7) is 4.86. The lowest BCUT2D eigenvalue weighted by Crippen LogP contribution is -2.44. The van der Waals surface area contributed by atoms with Crippen molar-refractivity contribution in [1.29, 1.82) is 0 Å². The van der Waals surface area contributed by atoms with Gasteiger partial charge in [-0.2, -0.15) is 4.31 Å². The van der Waals surface area contributed by atoms with Crippen molar-refractivity contribution in [3.8, 4) is 0 Å². The highest BCUT2D eigenvalue weighted by molar-refractivity contribution is 7.89. The fourth-order valence-corrected chi connectivity index (χ4v) is 4.89. The van der Waals surface area contributed by atoms with Crippen molar-refractivity contribution >= 4 is 15.7 Å². The van der Waals surface area contributed by atoms with Crippen LogP contribution in [0.1, 0.15) is 11.1 Å². The molecule has 25 heavy (non-hydrogen) atoms. The molecule has 1 aromatic heterocycles. The Hall–Kier alpha value is -1.96. The maximum atomic E-state index is 12.9. The molecule has 0 spiro atoms. The number of likely N-dealkylation sites (N-methyl/N-ethyl adjacent to an activating group) is 1. The van der Waals surface area contributed by atoms with Crippen LogP contribution >= 0.6 is 0 Å². The van der Waals surface area contributed by atoms with Crippen LogP contribution in [0.2, 0.25) is 0 Å². The van der Waals surface area contributed by atoms with E-state index in [1.54, 1.807) is 22.6 Å². The first-order valence-corrected chi connectivity index (χ1v) is 9.94. The number of hydrogen-bond acceptors (Lipinski definition) is 5. The van der Waals surface area contributed by atoms with E-state index < -0.39 is 10.0 Å². The van der Waals surface area contributed by atoms with Crippen LogP contribution in [0, 0.1) is 0 Å². The number of hydrogen-bond donors (Lipinski definition) is 0. The number of benzene rings is 1. The van der Waals surface area contributed by atoms with E-state index in [-0.39, 0.29) is 4.90 Å². The number of rotatable bonds is 3. The summed E-state index contributed by atoms with van der Waals surface area (Å²) in [6, 6.07) is 9.45. The molecule has 0 N–H and O–H groups in total. The van der Waals surface area contributed by atoms with Gasteiger partial charge in [-0.25, -0.2) is 8.42 Å². The van der Waals surface area contributed by atoms with Gasteiger partial charge in [0, 0.05) is 57.3 Å². The van der Waals surface area contributed by atoms with Crippen LogP contribution in [0.5, 0.6) is 0 Å². The van der Waals surface area contributed by atoms with Crippen molar-refractivity contribution in [3.05, 3.63) is 53.9 Å². The maximum absolute atomic E-state index is 12.9. The summed E-state index contributed by atoms with van der Waals surface area (Å²) < 4.78 is 27.3. The molecular formula is C18H22N4O2S. The van der Waals surface area contributed by atoms with E-state index in [1.165, 1.54) is 11.9 Å². The molecule has 2 aromatic rings. The molecule has 0 saturated carbocycles. The van der Waals surface area contributed by atoms with Crippen LogP contribution < -0.4 is 4.90 Å². The van der Waals surface area contributed by atoms with Crippen LogP contribution in [0.15, 0.2) is 47.6 Å². The molecule has 0 atom stereocenters. The van der Waals surface area contributed by atoms with Crippen molar-refractivity contribution < 1.29 is 8.42 Å². The van der Waals surface area contributed by atoms with E-state index in [0.717, 1.165) is 37.3 Å². The molecule has 4 rings (SSSR count). The molecule has 0 amide bonds. The van der Waals surface area contributed by atoms with Gasteiger partial charge in [0.25, 0.3) is 0 Å². The zero-order valence-electron chi connectivity index (χ0n) is 14.3. The summed E-state index contributed by atoms with van der Waals surface area (Å²) in [5, 5.41) is 0. The van der Waals surface area contributed by atoms with E-state index in [9.17, 15) is 8.42 Å². The van der Waals surface area contributed by atoms with E-state index >= 15 is 0 Å². The molecule has 0 unspecified atom stereocenters. The Bertz CT molecular complexity index is 862. The molecule has 2 aliphatic heterocycles. The molecule has 3 heterocycles. The molecule has 132 valence electrons. The second kappa shape index (κ2) is 6.40. The number of piperazine rings is 1. The zero-order chi connectivity index (χ0) is 17.4. The van der Waals surface area contributed by atoms with E-state index in [0.29, 0.717) is 13.1 Å². The minimum Gasteiger partial charge on any atom is -0.369 e. The lowest BCUT2D eigenvalue weighted by Gasteiger charge is -2.35. The van der Waals surface area contributed by atoms with Gasteiger partial charge < -0.3 is 9.80 Å². The van der Waals surface area contributed by atoms with Gasteiger partial charge >= 0.3 is 0 Å². The number of anilines is 1. The van der Waals surface area contributed by atoms with Crippen molar-refractivity contribution in [2.45, 2.75) is 18.0 Å². The smallest absolute Gasteiger partial charge is 0.245 e. The fourth-order valence-electron chi connectivity index (χ4n) is 3.54. The van der Waals surface area contributed by atoms with Crippen molar-refractivity contribution in [2.75, 3.05) is 38.1 Å². The highest BCUT2D eigenvalue weighted by Crippen LogP contribution is 2.35. The normalized spacial score (nSPS) is 19.2. The van der Waals surface area contributed by atoms with Gasteiger partial charge in [-0.1, -0.05) is 12.1 Å². The molecule has 0 radical (unpaired) electrons. The molecule has 6 nitrogen and oxygen atoms in total. The van der Waals surface area contributed by atoms with Gasteiger partial charge in [-0.3, -0.25) is 4.98 Å². The Labute approximate surface area is 148 Å². The van der Waals surface area contributed by atoms with Crippen molar-refractivity contribution in [2.24, 2.45) is 0 Å². The zero-order valence-corrected chi connectivity index (χ0v) is 15.1. The van der Waals surface area contributed by atoms with Gasteiger partial charge in [0.2, 0.25) is 10.0 Å². The molecule has 1 aromatic carbocycles. The molecule has 0 aliphatic carbocycles. The summed E-state index contributed by atoms with van der Waals surface area (Å²) in [5.74, 6) is 0. The van der Waals surface area contributed by atoms with Crippen molar-refractivity contribution in [3.63, 3.8) is 0 Å². The van der Waals surface area contributed by atoms with Crippen LogP contribution in [-0.2, 0) is 23.1 Å². The van der Waals surface area contributed by atoms with Crippen molar-refractivity contribution in [1.82, 2.24) is 14.2 Å². The maximum Gasteiger partial charge on any atom is 0.245 e. The van der Waals surface area contributed by atoms with Gasteiger partial charge in [0.1, 0.15) is 4.90 Å². The number of aromatic nitrogens is 1. The van der Waals surface area contributed by atoms with Crippen LogP contribution in [0.4, 0.5) is 5.69 Å². The first-order valence-electron chi connectivity index (χ1n) is 8.50. The van der Waals surface area contributed by atoms with Crippen LogP contribution in [0.25, 0.3) is 0 Å². The van der Waals surface area contributed by atoms with E-state index in [1.807, 2.05) is 12.1 Å². The third-order valence-electron chi connectivity index (χ3n) is 5.05. The number of fused-ring (bicyclic) bond motifs is 1. The Morgan fingerprint density at radius 1 is 1.00 bits per heavy atom. The SMILES string of the molecule is CN1CCN(c2cccc3c2CN(S(=O)(=O)c2cccnc2)C3)CC1.